The molecule has 1 heterocycles. The average Bonchev–Trinajstić information content (AvgIpc) is 2.65. The predicted octanol–water partition coefficient (Wildman–Crippen LogP) is 0.973. The normalized spacial score (nSPS) is 9.60. The van der Waals surface area contributed by atoms with E-state index in [0.717, 1.165) is 0 Å². The number of amides is 1. The van der Waals surface area contributed by atoms with Crippen LogP contribution < -0.4 is 5.73 Å². The molecule has 0 saturated heterocycles. The molecule has 0 bridgehead atoms. The molecule has 0 unspecified atom stereocenters. The van der Waals surface area contributed by atoms with Gasteiger partial charge in [-0.1, -0.05) is 0 Å². The van der Waals surface area contributed by atoms with Gasteiger partial charge in [-0.25, -0.2) is 0 Å². The van der Waals surface area contributed by atoms with E-state index >= 15 is 0 Å². The highest BCUT2D eigenvalue weighted by Gasteiger charge is 2.14. The van der Waals surface area contributed by atoms with Crippen LogP contribution in [0, 0.1) is 11.3 Å². The molecule has 0 fully saturated rings. The molecule has 5 heteroatoms. The van der Waals surface area contributed by atoms with Crippen molar-refractivity contribution in [3.8, 4) is 6.07 Å². The average molecular weight is 206 g/mol. The molecule has 5 nitrogen and oxygen atoms in total. The summed E-state index contributed by atoms with van der Waals surface area (Å²) in [5, 5.41) is 8.45. The largest absolute Gasteiger partial charge is 0.397 e. The number of nitrogens with one attached hydrogen (secondary N) is 1. The molecule has 0 aliphatic rings. The summed E-state index contributed by atoms with van der Waals surface area (Å²) in [5.41, 5.74) is 6.51. The zero-order valence-corrected chi connectivity index (χ0v) is 8.66. The van der Waals surface area contributed by atoms with E-state index in [4.69, 9.17) is 11.0 Å². The van der Waals surface area contributed by atoms with Gasteiger partial charge in [-0.15, -0.1) is 0 Å². The van der Waals surface area contributed by atoms with E-state index in [2.05, 4.69) is 4.98 Å². The highest BCUT2D eigenvalue weighted by atomic mass is 16.2. The van der Waals surface area contributed by atoms with Crippen molar-refractivity contribution >= 4 is 11.6 Å². The Labute approximate surface area is 88.5 Å². The number of nitriles is 1. The van der Waals surface area contributed by atoms with Gasteiger partial charge in [0.05, 0.1) is 12.5 Å². The lowest BCUT2D eigenvalue weighted by molar-refractivity contribution is 0.0762. The van der Waals surface area contributed by atoms with E-state index in [9.17, 15) is 4.79 Å². The third-order valence-corrected chi connectivity index (χ3v) is 2.10. The molecule has 1 rings (SSSR count). The Morgan fingerprint density at radius 3 is 2.93 bits per heavy atom. The van der Waals surface area contributed by atoms with Gasteiger partial charge >= 0.3 is 0 Å². The van der Waals surface area contributed by atoms with Crippen LogP contribution in [-0.4, -0.2) is 28.9 Å². The van der Waals surface area contributed by atoms with Gasteiger partial charge in [0.15, 0.2) is 0 Å². The van der Waals surface area contributed by atoms with Gasteiger partial charge in [-0.2, -0.15) is 5.26 Å². The Balaban J connectivity index is 2.69. The lowest BCUT2D eigenvalue weighted by Crippen LogP contribution is -2.31. The number of carbonyl (C=O) groups is 1. The van der Waals surface area contributed by atoms with Crippen molar-refractivity contribution in [2.45, 2.75) is 13.3 Å². The molecule has 0 aliphatic heterocycles. The fourth-order valence-corrected chi connectivity index (χ4v) is 1.29. The third kappa shape index (κ3) is 2.74. The van der Waals surface area contributed by atoms with Crippen LogP contribution in [-0.2, 0) is 0 Å². The van der Waals surface area contributed by atoms with Crippen LogP contribution in [0.4, 0.5) is 5.69 Å². The fraction of sp³-hybridized carbons (Fsp3) is 0.400. The summed E-state index contributed by atoms with van der Waals surface area (Å²) in [6.07, 6.45) is 1.92. The van der Waals surface area contributed by atoms with Crippen LogP contribution >= 0.6 is 0 Å². The van der Waals surface area contributed by atoms with Crippen LogP contribution in [0.25, 0.3) is 0 Å². The molecule has 1 aromatic heterocycles. The number of aromatic amines is 1. The highest BCUT2D eigenvalue weighted by molar-refractivity contribution is 5.93. The molecule has 0 aromatic carbocycles. The molecule has 15 heavy (non-hydrogen) atoms. The van der Waals surface area contributed by atoms with Gasteiger partial charge in [0.1, 0.15) is 5.69 Å². The topological polar surface area (TPSA) is 85.9 Å². The van der Waals surface area contributed by atoms with E-state index in [1.54, 1.807) is 17.2 Å². The van der Waals surface area contributed by atoms with E-state index in [0.29, 0.717) is 30.9 Å². The van der Waals surface area contributed by atoms with E-state index < -0.39 is 0 Å². The number of carbonyl (C=O) groups excluding carboxylic acids is 1. The maximum absolute atomic E-state index is 11.8. The molecule has 3 N–H and O–H groups in total. The summed E-state index contributed by atoms with van der Waals surface area (Å²) in [6.45, 7) is 2.91. The number of H-pyrrole nitrogens is 1. The van der Waals surface area contributed by atoms with Gasteiger partial charge in [-0.3, -0.25) is 4.79 Å². The molecule has 80 valence electrons. The van der Waals surface area contributed by atoms with Crippen molar-refractivity contribution < 1.29 is 4.79 Å². The first kappa shape index (κ1) is 11.1. The predicted molar refractivity (Wildman–Crippen MR) is 57.0 cm³/mol. The molecule has 1 aromatic rings. The Kier molecular flexibility index (Phi) is 3.75. The first-order chi connectivity index (χ1) is 7.19. The quantitative estimate of drug-likeness (QED) is 0.769. The number of nitrogens with two attached hydrogens (primary N) is 1. The number of hydrogen-bond acceptors (Lipinski definition) is 3. The second-order valence-electron chi connectivity index (χ2n) is 3.14. The highest BCUT2D eigenvalue weighted by Crippen LogP contribution is 2.08. The summed E-state index contributed by atoms with van der Waals surface area (Å²) in [5.74, 6) is -0.121. The van der Waals surface area contributed by atoms with Crippen molar-refractivity contribution in [2.24, 2.45) is 0 Å². The van der Waals surface area contributed by atoms with Crippen molar-refractivity contribution in [2.75, 3.05) is 18.8 Å². The smallest absolute Gasteiger partial charge is 0.270 e. The minimum atomic E-state index is -0.121. The van der Waals surface area contributed by atoms with E-state index in [-0.39, 0.29) is 5.91 Å². The van der Waals surface area contributed by atoms with Crippen molar-refractivity contribution in [1.82, 2.24) is 9.88 Å². The maximum Gasteiger partial charge on any atom is 0.270 e. The summed E-state index contributed by atoms with van der Waals surface area (Å²) in [7, 11) is 0. The van der Waals surface area contributed by atoms with Gasteiger partial charge in [0.25, 0.3) is 5.91 Å². The molecule has 0 saturated carbocycles. The van der Waals surface area contributed by atoms with Crippen molar-refractivity contribution in [3.63, 3.8) is 0 Å². The first-order valence-electron chi connectivity index (χ1n) is 4.79. The van der Waals surface area contributed by atoms with Gasteiger partial charge in [0.2, 0.25) is 0 Å². The minimum absolute atomic E-state index is 0.121. The summed E-state index contributed by atoms with van der Waals surface area (Å²) >= 11 is 0. The second kappa shape index (κ2) is 5.05. The zero-order chi connectivity index (χ0) is 11.3. The van der Waals surface area contributed by atoms with E-state index in [1.807, 2.05) is 13.0 Å². The summed E-state index contributed by atoms with van der Waals surface area (Å²) < 4.78 is 0. The Hall–Kier alpha value is -1.96. The maximum atomic E-state index is 11.8. The van der Waals surface area contributed by atoms with Gasteiger partial charge in [0, 0.05) is 25.0 Å². The SMILES string of the molecule is CCN(CCC#N)C(=O)c1cc(N)c[nH]1. The first-order valence-corrected chi connectivity index (χ1v) is 4.79. The number of anilines is 1. The fourth-order valence-electron chi connectivity index (χ4n) is 1.29. The van der Waals surface area contributed by atoms with Crippen molar-refractivity contribution in [3.05, 3.63) is 18.0 Å². The Bertz CT molecular complexity index is 377. The van der Waals surface area contributed by atoms with Crippen molar-refractivity contribution in [1.29, 1.82) is 5.26 Å². The standard InChI is InChI=1S/C10H14N4O/c1-2-14(5-3-4-11)10(15)9-6-8(12)7-13-9/h6-7,13H,2-3,5,12H2,1H3. The lowest BCUT2D eigenvalue weighted by Gasteiger charge is -2.18. The van der Waals surface area contributed by atoms with Crippen LogP contribution in [0.5, 0.6) is 0 Å². The molecule has 0 radical (unpaired) electrons. The van der Waals surface area contributed by atoms with Crippen LogP contribution in [0.1, 0.15) is 23.8 Å². The number of nitrogen functional groups attached to an aromatic ring is 1. The van der Waals surface area contributed by atoms with Gasteiger partial charge in [-0.05, 0) is 13.0 Å². The molecule has 0 aliphatic carbocycles. The molecule has 0 atom stereocenters. The molecule has 1 amide bonds. The number of nitrogens with zero attached hydrogens (tertiary/aromatic N) is 2. The number of hydrogen-bond donors (Lipinski definition) is 2. The minimum Gasteiger partial charge on any atom is -0.397 e. The summed E-state index contributed by atoms with van der Waals surface area (Å²) in [4.78, 5) is 16.2. The summed E-state index contributed by atoms with van der Waals surface area (Å²) in [6, 6.07) is 3.61. The van der Waals surface area contributed by atoms with Crippen LogP contribution in [0.2, 0.25) is 0 Å². The molecular formula is C10H14N4O. The van der Waals surface area contributed by atoms with Crippen LogP contribution in [0.3, 0.4) is 0 Å². The number of rotatable bonds is 4. The Morgan fingerprint density at radius 2 is 2.47 bits per heavy atom. The molecular weight excluding hydrogens is 192 g/mol. The lowest BCUT2D eigenvalue weighted by atomic mass is 10.3. The monoisotopic (exact) mass is 206 g/mol. The zero-order valence-electron chi connectivity index (χ0n) is 8.66. The van der Waals surface area contributed by atoms with E-state index in [1.165, 1.54) is 0 Å². The molecule has 0 spiro atoms. The second-order valence-corrected chi connectivity index (χ2v) is 3.14. The van der Waals surface area contributed by atoms with Gasteiger partial charge < -0.3 is 15.6 Å². The third-order valence-electron chi connectivity index (χ3n) is 2.10. The number of aromatic nitrogens is 1. The van der Waals surface area contributed by atoms with Crippen LogP contribution in [0.15, 0.2) is 12.3 Å². The Morgan fingerprint density at radius 1 is 1.73 bits per heavy atom.